The molecule has 2 aromatic rings. The summed E-state index contributed by atoms with van der Waals surface area (Å²) in [6.45, 7) is 7.91. The van der Waals surface area contributed by atoms with E-state index < -0.39 is 0 Å². The van der Waals surface area contributed by atoms with Crippen molar-refractivity contribution in [1.29, 1.82) is 0 Å². The van der Waals surface area contributed by atoms with Gasteiger partial charge in [0.1, 0.15) is 5.82 Å². The van der Waals surface area contributed by atoms with Gasteiger partial charge in [0.25, 0.3) is 0 Å². The topological polar surface area (TPSA) is 69.9 Å². The molecule has 0 aliphatic carbocycles. The molecule has 0 aromatic carbocycles. The normalized spacial score (nSPS) is 24.1. The molecule has 0 radical (unpaired) electrons. The monoisotopic (exact) mass is 397 g/mol. The quantitative estimate of drug-likeness (QED) is 0.785. The van der Waals surface area contributed by atoms with Gasteiger partial charge in [-0.25, -0.2) is 0 Å². The zero-order valence-electron chi connectivity index (χ0n) is 17.3. The smallest absolute Gasteiger partial charge is 0.219 e. The summed E-state index contributed by atoms with van der Waals surface area (Å²) >= 11 is 0. The van der Waals surface area contributed by atoms with E-state index in [1.54, 1.807) is 6.92 Å². The van der Waals surface area contributed by atoms with Gasteiger partial charge in [0.2, 0.25) is 5.91 Å². The number of carbonyl (C=O) groups excluding carboxylic acids is 1. The molecule has 3 fully saturated rings. The number of nitrogens with zero attached hydrogens (tertiary/aromatic N) is 7. The molecule has 1 unspecified atom stereocenters. The molecule has 3 aliphatic heterocycles. The molecule has 5 heterocycles. The van der Waals surface area contributed by atoms with Crippen LogP contribution in [-0.4, -0.2) is 80.8 Å². The first-order valence-corrected chi connectivity index (χ1v) is 11.2. The molecule has 5 rings (SSSR count). The van der Waals surface area contributed by atoms with Crippen LogP contribution >= 0.6 is 0 Å². The van der Waals surface area contributed by atoms with Crippen molar-refractivity contribution in [3.8, 4) is 0 Å². The number of carbonyl (C=O) groups is 1. The van der Waals surface area contributed by atoms with Gasteiger partial charge < -0.3 is 14.7 Å². The van der Waals surface area contributed by atoms with E-state index in [4.69, 9.17) is 5.10 Å². The minimum atomic E-state index is 0.220. The lowest BCUT2D eigenvalue weighted by molar-refractivity contribution is -0.130. The van der Waals surface area contributed by atoms with Crippen molar-refractivity contribution < 1.29 is 4.79 Å². The van der Waals surface area contributed by atoms with Crippen molar-refractivity contribution in [2.45, 2.75) is 57.4 Å². The Kier molecular flexibility index (Phi) is 5.11. The Bertz CT molecular complexity index is 867. The van der Waals surface area contributed by atoms with E-state index in [1.165, 1.54) is 12.8 Å². The Morgan fingerprint density at radius 3 is 2.55 bits per heavy atom. The average Bonchev–Trinajstić information content (AvgIpc) is 3.48. The maximum Gasteiger partial charge on any atom is 0.219 e. The van der Waals surface area contributed by atoms with Crippen LogP contribution in [-0.2, 0) is 4.79 Å². The minimum absolute atomic E-state index is 0.220. The Balaban J connectivity index is 1.25. The predicted octanol–water partition coefficient (Wildman–Crippen LogP) is 1.91. The van der Waals surface area contributed by atoms with Crippen molar-refractivity contribution in [3.63, 3.8) is 0 Å². The Hall–Kier alpha value is -2.22. The zero-order chi connectivity index (χ0) is 19.8. The molecule has 8 heteroatoms. The lowest BCUT2D eigenvalue weighted by Crippen LogP contribution is -2.44. The predicted molar refractivity (Wildman–Crippen MR) is 111 cm³/mol. The first-order valence-electron chi connectivity index (χ1n) is 11.2. The van der Waals surface area contributed by atoms with Crippen LogP contribution in [0.5, 0.6) is 0 Å². The average molecular weight is 398 g/mol. The van der Waals surface area contributed by atoms with Crippen LogP contribution in [0.15, 0.2) is 12.1 Å². The van der Waals surface area contributed by atoms with Gasteiger partial charge in [0.05, 0.1) is 0 Å². The number of hydrogen-bond acceptors (Lipinski definition) is 6. The lowest BCUT2D eigenvalue weighted by atomic mass is 9.95. The molecule has 0 N–H and O–H groups in total. The molecule has 3 aliphatic rings. The highest BCUT2D eigenvalue weighted by atomic mass is 16.2. The molecule has 2 aromatic heterocycles. The molecule has 8 nitrogen and oxygen atoms in total. The summed E-state index contributed by atoms with van der Waals surface area (Å²) in [5, 5.41) is 13.8. The molecule has 0 bridgehead atoms. The maximum atomic E-state index is 11.8. The van der Waals surface area contributed by atoms with Gasteiger partial charge in [0, 0.05) is 45.1 Å². The second kappa shape index (κ2) is 7.89. The third-order valence-electron chi connectivity index (χ3n) is 6.91. The SMILES string of the molecule is CC(=O)N1CCCC1CN1CCC(c2nnc3ccc(N4CCCC4)nn23)CC1. The molecule has 1 amide bonds. The van der Waals surface area contributed by atoms with E-state index in [1.807, 2.05) is 10.6 Å². The van der Waals surface area contributed by atoms with Gasteiger partial charge in [-0.2, -0.15) is 4.52 Å². The Morgan fingerprint density at radius 1 is 1.00 bits per heavy atom. The number of amides is 1. The highest BCUT2D eigenvalue weighted by Gasteiger charge is 2.31. The summed E-state index contributed by atoms with van der Waals surface area (Å²) in [7, 11) is 0. The standard InChI is InChI=1S/C21H31N7O/c1-16(29)27-12-4-5-18(27)15-25-13-8-17(9-14-25)21-23-22-19-6-7-20(24-28(19)21)26-10-2-3-11-26/h6-7,17-18H,2-5,8-15H2,1H3. The second-order valence-corrected chi connectivity index (χ2v) is 8.80. The van der Waals surface area contributed by atoms with Crippen LogP contribution in [0.25, 0.3) is 5.65 Å². The second-order valence-electron chi connectivity index (χ2n) is 8.80. The summed E-state index contributed by atoms with van der Waals surface area (Å²) in [4.78, 5) is 18.8. The van der Waals surface area contributed by atoms with Crippen LogP contribution in [0.2, 0.25) is 0 Å². The van der Waals surface area contributed by atoms with Crippen molar-refractivity contribution in [2.24, 2.45) is 0 Å². The molecular weight excluding hydrogens is 366 g/mol. The van der Waals surface area contributed by atoms with Crippen LogP contribution in [0.1, 0.15) is 57.2 Å². The number of rotatable bonds is 4. The van der Waals surface area contributed by atoms with Crippen LogP contribution in [0, 0.1) is 0 Å². The van der Waals surface area contributed by atoms with Crippen LogP contribution in [0.3, 0.4) is 0 Å². The van der Waals surface area contributed by atoms with Gasteiger partial charge >= 0.3 is 0 Å². The highest BCUT2D eigenvalue weighted by Crippen LogP contribution is 2.29. The number of piperidine rings is 1. The molecule has 1 atom stereocenters. The largest absolute Gasteiger partial charge is 0.355 e. The summed E-state index contributed by atoms with van der Waals surface area (Å²) in [5.74, 6) is 2.67. The summed E-state index contributed by atoms with van der Waals surface area (Å²) < 4.78 is 1.97. The summed E-state index contributed by atoms with van der Waals surface area (Å²) in [6, 6.07) is 4.51. The van der Waals surface area contributed by atoms with Gasteiger partial charge in [-0.05, 0) is 63.7 Å². The van der Waals surface area contributed by atoms with Gasteiger partial charge in [0.15, 0.2) is 11.5 Å². The third kappa shape index (κ3) is 3.70. The lowest BCUT2D eigenvalue weighted by Gasteiger charge is -2.35. The number of anilines is 1. The van der Waals surface area contributed by atoms with Crippen molar-refractivity contribution >= 4 is 17.4 Å². The number of aromatic nitrogens is 4. The Morgan fingerprint density at radius 2 is 1.79 bits per heavy atom. The van der Waals surface area contributed by atoms with E-state index in [0.29, 0.717) is 12.0 Å². The van der Waals surface area contributed by atoms with Crippen molar-refractivity contribution in [1.82, 2.24) is 29.6 Å². The molecule has 3 saturated heterocycles. The first-order chi connectivity index (χ1) is 14.2. The van der Waals surface area contributed by atoms with E-state index in [0.717, 1.165) is 82.2 Å². The Labute approximate surface area is 171 Å². The molecule has 0 spiro atoms. The van der Waals surface area contributed by atoms with Crippen molar-refractivity contribution in [2.75, 3.05) is 44.2 Å². The fourth-order valence-corrected chi connectivity index (χ4v) is 5.28. The van der Waals surface area contributed by atoms with Gasteiger partial charge in [-0.1, -0.05) is 0 Å². The highest BCUT2D eigenvalue weighted by molar-refractivity contribution is 5.73. The van der Waals surface area contributed by atoms with E-state index in [-0.39, 0.29) is 5.91 Å². The number of likely N-dealkylation sites (tertiary alicyclic amines) is 2. The van der Waals surface area contributed by atoms with Crippen molar-refractivity contribution in [3.05, 3.63) is 18.0 Å². The maximum absolute atomic E-state index is 11.8. The van der Waals surface area contributed by atoms with Crippen LogP contribution < -0.4 is 4.90 Å². The van der Waals surface area contributed by atoms with E-state index >= 15 is 0 Å². The minimum Gasteiger partial charge on any atom is -0.355 e. The summed E-state index contributed by atoms with van der Waals surface area (Å²) in [6.07, 6.45) is 6.91. The fraction of sp³-hybridized carbons (Fsp3) is 0.714. The zero-order valence-corrected chi connectivity index (χ0v) is 17.3. The number of hydrogen-bond donors (Lipinski definition) is 0. The first kappa shape index (κ1) is 18.8. The van der Waals surface area contributed by atoms with Gasteiger partial charge in [-0.15, -0.1) is 15.3 Å². The number of fused-ring (bicyclic) bond motifs is 1. The molecule has 29 heavy (non-hydrogen) atoms. The molecule has 156 valence electrons. The van der Waals surface area contributed by atoms with E-state index in [2.05, 4.69) is 31.0 Å². The fourth-order valence-electron chi connectivity index (χ4n) is 5.28. The third-order valence-corrected chi connectivity index (χ3v) is 6.91. The molecule has 0 saturated carbocycles. The summed E-state index contributed by atoms with van der Waals surface area (Å²) in [5.41, 5.74) is 0.841. The molecular formula is C21H31N7O. The van der Waals surface area contributed by atoms with E-state index in [9.17, 15) is 4.79 Å². The van der Waals surface area contributed by atoms with Crippen LogP contribution in [0.4, 0.5) is 5.82 Å². The van der Waals surface area contributed by atoms with Gasteiger partial charge in [-0.3, -0.25) is 4.79 Å².